The predicted molar refractivity (Wildman–Crippen MR) is 105 cm³/mol. The molecule has 3 rings (SSSR count). The first-order valence-corrected chi connectivity index (χ1v) is 9.42. The first-order chi connectivity index (χ1) is 13.4. The summed E-state index contributed by atoms with van der Waals surface area (Å²) in [6.45, 7) is 5.48. The van der Waals surface area contributed by atoms with Crippen LogP contribution in [-0.2, 0) is 9.59 Å². The zero-order chi connectivity index (χ0) is 20.1. The topological polar surface area (TPSA) is 91.7 Å². The highest BCUT2D eigenvalue weighted by molar-refractivity contribution is 6.39. The van der Waals surface area contributed by atoms with Crippen LogP contribution in [0.25, 0.3) is 0 Å². The van der Waals surface area contributed by atoms with Crippen molar-refractivity contribution in [2.45, 2.75) is 26.7 Å². The highest BCUT2D eigenvalue weighted by atomic mass is 16.3. The maximum atomic E-state index is 12.3. The van der Waals surface area contributed by atoms with Gasteiger partial charge in [-0.05, 0) is 55.9 Å². The van der Waals surface area contributed by atoms with Crippen molar-refractivity contribution in [3.8, 4) is 0 Å². The van der Waals surface area contributed by atoms with Crippen LogP contribution < -0.4 is 10.6 Å². The third kappa shape index (κ3) is 4.79. The monoisotopic (exact) mass is 383 g/mol. The Balaban J connectivity index is 1.43. The van der Waals surface area contributed by atoms with Crippen LogP contribution >= 0.6 is 0 Å². The molecule has 0 atom stereocenters. The van der Waals surface area contributed by atoms with Crippen molar-refractivity contribution < 1.29 is 18.8 Å². The second-order valence-electron chi connectivity index (χ2n) is 7.23. The molecule has 7 nitrogen and oxygen atoms in total. The second kappa shape index (κ2) is 8.73. The maximum Gasteiger partial charge on any atom is 0.313 e. The van der Waals surface area contributed by atoms with Crippen LogP contribution in [0.4, 0.5) is 5.69 Å². The number of carbonyl (C=O) groups excluding carboxylic acids is 3. The molecule has 0 aliphatic carbocycles. The van der Waals surface area contributed by atoms with E-state index < -0.39 is 11.8 Å². The van der Waals surface area contributed by atoms with E-state index in [0.717, 1.165) is 24.0 Å². The van der Waals surface area contributed by atoms with E-state index in [-0.39, 0.29) is 11.8 Å². The van der Waals surface area contributed by atoms with Crippen molar-refractivity contribution in [2.24, 2.45) is 5.92 Å². The third-order valence-corrected chi connectivity index (χ3v) is 5.07. The Morgan fingerprint density at radius 3 is 2.54 bits per heavy atom. The number of carbonyl (C=O) groups is 3. The van der Waals surface area contributed by atoms with Gasteiger partial charge in [-0.25, -0.2) is 0 Å². The molecule has 2 heterocycles. The molecule has 1 saturated heterocycles. The number of furan rings is 1. The fourth-order valence-corrected chi connectivity index (χ4v) is 3.28. The zero-order valence-corrected chi connectivity index (χ0v) is 16.2. The lowest BCUT2D eigenvalue weighted by atomic mass is 9.96. The van der Waals surface area contributed by atoms with Gasteiger partial charge in [0.15, 0.2) is 0 Å². The number of benzene rings is 1. The van der Waals surface area contributed by atoms with Crippen LogP contribution in [0, 0.1) is 19.8 Å². The van der Waals surface area contributed by atoms with Crippen molar-refractivity contribution >= 4 is 23.4 Å². The molecule has 7 heteroatoms. The minimum absolute atomic E-state index is 0.0378. The van der Waals surface area contributed by atoms with Gasteiger partial charge in [-0.2, -0.15) is 0 Å². The van der Waals surface area contributed by atoms with E-state index in [1.54, 1.807) is 11.0 Å². The van der Waals surface area contributed by atoms with Crippen LogP contribution in [-0.4, -0.2) is 42.3 Å². The standard InChI is InChI=1S/C21H25N3O4/c1-14-3-4-15(2)18(11-14)23-20(26)19(25)22-12-16-5-8-24(9-6-16)21(27)17-7-10-28-13-17/h3-4,7,10-11,13,16H,5-6,8-9,12H2,1-2H3,(H,22,25)(H,23,26). The van der Waals surface area contributed by atoms with Gasteiger partial charge in [-0.15, -0.1) is 0 Å². The molecule has 1 aromatic heterocycles. The fraction of sp³-hybridized carbons (Fsp3) is 0.381. The molecule has 1 fully saturated rings. The minimum atomic E-state index is -0.665. The lowest BCUT2D eigenvalue weighted by Crippen LogP contribution is -2.43. The van der Waals surface area contributed by atoms with Crippen LogP contribution in [0.3, 0.4) is 0 Å². The van der Waals surface area contributed by atoms with Gasteiger partial charge >= 0.3 is 11.8 Å². The van der Waals surface area contributed by atoms with Gasteiger partial charge in [0.25, 0.3) is 5.91 Å². The normalized spacial score (nSPS) is 14.6. The maximum absolute atomic E-state index is 12.3. The van der Waals surface area contributed by atoms with E-state index in [4.69, 9.17) is 4.42 Å². The Bertz CT molecular complexity index is 853. The van der Waals surface area contributed by atoms with Gasteiger partial charge in [0.1, 0.15) is 6.26 Å². The summed E-state index contributed by atoms with van der Waals surface area (Å²) in [6.07, 6.45) is 4.49. The van der Waals surface area contributed by atoms with E-state index in [9.17, 15) is 14.4 Å². The van der Waals surface area contributed by atoms with E-state index in [1.165, 1.54) is 12.5 Å². The summed E-state index contributed by atoms with van der Waals surface area (Å²) < 4.78 is 4.96. The van der Waals surface area contributed by atoms with Gasteiger partial charge < -0.3 is 20.0 Å². The van der Waals surface area contributed by atoms with E-state index in [1.807, 2.05) is 32.0 Å². The zero-order valence-electron chi connectivity index (χ0n) is 16.2. The average molecular weight is 383 g/mol. The molecule has 1 aliphatic heterocycles. The average Bonchev–Trinajstić information content (AvgIpc) is 3.23. The van der Waals surface area contributed by atoms with Gasteiger partial charge in [0.2, 0.25) is 0 Å². The van der Waals surface area contributed by atoms with Crippen molar-refractivity contribution in [1.29, 1.82) is 0 Å². The summed E-state index contributed by atoms with van der Waals surface area (Å²) in [5, 5.41) is 5.37. The Kier molecular flexibility index (Phi) is 6.13. The molecule has 3 amide bonds. The number of hydrogen-bond acceptors (Lipinski definition) is 4. The lowest BCUT2D eigenvalue weighted by molar-refractivity contribution is -0.136. The van der Waals surface area contributed by atoms with E-state index in [2.05, 4.69) is 10.6 Å². The van der Waals surface area contributed by atoms with Crippen molar-refractivity contribution in [3.63, 3.8) is 0 Å². The minimum Gasteiger partial charge on any atom is -0.472 e. The Morgan fingerprint density at radius 2 is 1.86 bits per heavy atom. The SMILES string of the molecule is Cc1ccc(C)c(NC(=O)C(=O)NCC2CCN(C(=O)c3ccoc3)CC2)c1. The molecule has 148 valence electrons. The molecular formula is C21H25N3O4. The number of nitrogens with zero attached hydrogens (tertiary/aromatic N) is 1. The molecule has 1 aromatic carbocycles. The van der Waals surface area contributed by atoms with Gasteiger partial charge in [0, 0.05) is 25.3 Å². The molecule has 28 heavy (non-hydrogen) atoms. The fourth-order valence-electron chi connectivity index (χ4n) is 3.28. The molecule has 1 aliphatic rings. The number of aryl methyl sites for hydroxylation is 2. The molecule has 0 unspecified atom stereocenters. The number of piperidine rings is 1. The van der Waals surface area contributed by atoms with Crippen LogP contribution in [0.5, 0.6) is 0 Å². The Labute approximate surface area is 164 Å². The number of rotatable bonds is 4. The number of amides is 3. The lowest BCUT2D eigenvalue weighted by Gasteiger charge is -2.31. The Morgan fingerprint density at radius 1 is 1.11 bits per heavy atom. The summed E-state index contributed by atoms with van der Waals surface area (Å²) in [7, 11) is 0. The first-order valence-electron chi connectivity index (χ1n) is 9.42. The molecule has 2 aromatic rings. The second-order valence-corrected chi connectivity index (χ2v) is 7.23. The summed E-state index contributed by atoms with van der Waals surface area (Å²) in [6, 6.07) is 7.35. The number of anilines is 1. The summed E-state index contributed by atoms with van der Waals surface area (Å²) in [5.74, 6) is -1.10. The smallest absolute Gasteiger partial charge is 0.313 e. The Hall–Kier alpha value is -3.09. The van der Waals surface area contributed by atoms with Crippen LogP contribution in [0.2, 0.25) is 0 Å². The van der Waals surface area contributed by atoms with Crippen LogP contribution in [0.1, 0.15) is 34.3 Å². The largest absolute Gasteiger partial charge is 0.472 e. The molecule has 0 radical (unpaired) electrons. The molecule has 2 N–H and O–H groups in total. The van der Waals surface area contributed by atoms with Crippen molar-refractivity contribution in [1.82, 2.24) is 10.2 Å². The highest BCUT2D eigenvalue weighted by Crippen LogP contribution is 2.19. The van der Waals surface area contributed by atoms with Crippen molar-refractivity contribution in [2.75, 3.05) is 25.0 Å². The predicted octanol–water partition coefficient (Wildman–Crippen LogP) is 2.50. The van der Waals surface area contributed by atoms with Gasteiger partial charge in [-0.3, -0.25) is 14.4 Å². The first kappa shape index (κ1) is 19.7. The van der Waals surface area contributed by atoms with Crippen LogP contribution in [0.15, 0.2) is 41.2 Å². The molecular weight excluding hydrogens is 358 g/mol. The van der Waals surface area contributed by atoms with Crippen molar-refractivity contribution in [3.05, 3.63) is 53.5 Å². The number of hydrogen-bond donors (Lipinski definition) is 2. The summed E-state index contributed by atoms with van der Waals surface area (Å²) >= 11 is 0. The molecule has 0 bridgehead atoms. The van der Waals surface area contributed by atoms with E-state index in [0.29, 0.717) is 30.9 Å². The molecule has 0 saturated carbocycles. The van der Waals surface area contributed by atoms with E-state index >= 15 is 0 Å². The number of likely N-dealkylation sites (tertiary alicyclic amines) is 1. The summed E-state index contributed by atoms with van der Waals surface area (Å²) in [4.78, 5) is 38.3. The van der Waals surface area contributed by atoms with Gasteiger partial charge in [-0.1, -0.05) is 12.1 Å². The highest BCUT2D eigenvalue weighted by Gasteiger charge is 2.25. The quantitative estimate of drug-likeness (QED) is 0.794. The third-order valence-electron chi connectivity index (χ3n) is 5.07. The summed E-state index contributed by atoms with van der Waals surface area (Å²) in [5.41, 5.74) is 3.11. The number of nitrogens with one attached hydrogen (secondary N) is 2. The van der Waals surface area contributed by atoms with Gasteiger partial charge in [0.05, 0.1) is 11.8 Å². The molecule has 0 spiro atoms.